The highest BCUT2D eigenvalue weighted by Crippen LogP contribution is 2.23. The number of hydrogen-bond acceptors (Lipinski definition) is 3. The molecule has 0 spiro atoms. The SMILES string of the molecule is CNC(CCc1ccnn1C)c1ccc(Cl)o1. The van der Waals surface area contributed by atoms with Crippen LogP contribution in [0.15, 0.2) is 28.8 Å². The predicted molar refractivity (Wildman–Crippen MR) is 67.0 cm³/mol. The van der Waals surface area contributed by atoms with Crippen molar-refractivity contribution < 1.29 is 4.42 Å². The molecule has 5 heteroatoms. The van der Waals surface area contributed by atoms with Crippen molar-refractivity contribution >= 4 is 11.6 Å². The zero-order valence-electron chi connectivity index (χ0n) is 9.98. The highest BCUT2D eigenvalue weighted by atomic mass is 35.5. The van der Waals surface area contributed by atoms with Crippen molar-refractivity contribution in [1.82, 2.24) is 15.1 Å². The Labute approximate surface area is 106 Å². The molecule has 0 fully saturated rings. The summed E-state index contributed by atoms with van der Waals surface area (Å²) in [5.41, 5.74) is 1.21. The van der Waals surface area contributed by atoms with E-state index >= 15 is 0 Å². The summed E-state index contributed by atoms with van der Waals surface area (Å²) < 4.78 is 7.31. The second-order valence-electron chi connectivity index (χ2n) is 3.97. The smallest absolute Gasteiger partial charge is 0.193 e. The number of rotatable bonds is 5. The van der Waals surface area contributed by atoms with Crippen LogP contribution in [-0.2, 0) is 13.5 Å². The standard InChI is InChI=1S/C12H16ClN3O/c1-14-10(11-5-6-12(13)17-11)4-3-9-7-8-15-16(9)2/h5-8,10,14H,3-4H2,1-2H3. The third-order valence-electron chi connectivity index (χ3n) is 2.90. The summed E-state index contributed by atoms with van der Waals surface area (Å²) >= 11 is 5.78. The summed E-state index contributed by atoms with van der Waals surface area (Å²) in [5, 5.41) is 7.81. The second kappa shape index (κ2) is 5.38. The van der Waals surface area contributed by atoms with Gasteiger partial charge in [-0.05, 0) is 49.7 Å². The Balaban J connectivity index is 1.99. The Kier molecular flexibility index (Phi) is 3.86. The van der Waals surface area contributed by atoms with Crippen LogP contribution >= 0.6 is 11.6 Å². The van der Waals surface area contributed by atoms with Crippen molar-refractivity contribution in [3.63, 3.8) is 0 Å². The van der Waals surface area contributed by atoms with Gasteiger partial charge in [0.05, 0.1) is 6.04 Å². The Morgan fingerprint density at radius 3 is 2.82 bits per heavy atom. The van der Waals surface area contributed by atoms with Crippen molar-refractivity contribution in [2.24, 2.45) is 7.05 Å². The van der Waals surface area contributed by atoms with Gasteiger partial charge in [0.15, 0.2) is 5.22 Å². The molecule has 0 aliphatic carbocycles. The zero-order valence-corrected chi connectivity index (χ0v) is 10.7. The second-order valence-corrected chi connectivity index (χ2v) is 4.34. The lowest BCUT2D eigenvalue weighted by atomic mass is 10.1. The quantitative estimate of drug-likeness (QED) is 0.891. The van der Waals surface area contributed by atoms with Crippen molar-refractivity contribution in [3.8, 4) is 0 Å². The molecular formula is C12H16ClN3O. The fraction of sp³-hybridized carbons (Fsp3) is 0.417. The van der Waals surface area contributed by atoms with Crippen LogP contribution in [0.3, 0.4) is 0 Å². The number of hydrogen-bond donors (Lipinski definition) is 1. The first-order chi connectivity index (χ1) is 8.20. The Morgan fingerprint density at radius 2 is 2.29 bits per heavy atom. The third-order valence-corrected chi connectivity index (χ3v) is 3.10. The molecule has 0 bridgehead atoms. The van der Waals surface area contributed by atoms with E-state index in [4.69, 9.17) is 16.0 Å². The highest BCUT2D eigenvalue weighted by molar-refractivity contribution is 6.28. The minimum absolute atomic E-state index is 0.178. The molecule has 0 aliphatic rings. The first-order valence-electron chi connectivity index (χ1n) is 5.60. The molecule has 17 heavy (non-hydrogen) atoms. The highest BCUT2D eigenvalue weighted by Gasteiger charge is 2.14. The topological polar surface area (TPSA) is 43.0 Å². The first-order valence-corrected chi connectivity index (χ1v) is 5.98. The maximum Gasteiger partial charge on any atom is 0.193 e. The fourth-order valence-electron chi connectivity index (χ4n) is 1.88. The Morgan fingerprint density at radius 1 is 1.47 bits per heavy atom. The predicted octanol–water partition coefficient (Wildman–Crippen LogP) is 2.56. The molecule has 4 nitrogen and oxygen atoms in total. The molecule has 0 aliphatic heterocycles. The maximum atomic E-state index is 5.78. The van der Waals surface area contributed by atoms with Crippen molar-refractivity contribution in [3.05, 3.63) is 41.1 Å². The van der Waals surface area contributed by atoms with Gasteiger partial charge in [-0.2, -0.15) is 5.10 Å². The van der Waals surface area contributed by atoms with Crippen LogP contribution in [0.4, 0.5) is 0 Å². The van der Waals surface area contributed by atoms with Crippen LogP contribution in [0.25, 0.3) is 0 Å². The Hall–Kier alpha value is -1.26. The number of aromatic nitrogens is 2. The van der Waals surface area contributed by atoms with Gasteiger partial charge in [0.1, 0.15) is 5.76 Å². The summed E-state index contributed by atoms with van der Waals surface area (Å²) in [7, 11) is 3.87. The van der Waals surface area contributed by atoms with E-state index in [1.165, 1.54) is 5.69 Å². The molecule has 2 aromatic rings. The molecule has 92 valence electrons. The lowest BCUT2D eigenvalue weighted by Gasteiger charge is -2.13. The summed E-state index contributed by atoms with van der Waals surface area (Å²) in [6.07, 6.45) is 3.70. The molecule has 2 rings (SSSR count). The average molecular weight is 254 g/mol. The largest absolute Gasteiger partial charge is 0.448 e. The summed E-state index contributed by atoms with van der Waals surface area (Å²) in [4.78, 5) is 0. The number of aryl methyl sites for hydroxylation is 2. The molecule has 0 radical (unpaired) electrons. The van der Waals surface area contributed by atoms with Gasteiger partial charge in [0, 0.05) is 18.9 Å². The number of nitrogens with one attached hydrogen (secondary N) is 1. The molecule has 2 aromatic heterocycles. The molecule has 0 aromatic carbocycles. The van der Waals surface area contributed by atoms with Crippen molar-refractivity contribution in [2.75, 3.05) is 7.05 Å². The normalized spacial score (nSPS) is 12.9. The fourth-order valence-corrected chi connectivity index (χ4v) is 2.04. The average Bonchev–Trinajstić information content (AvgIpc) is 2.90. The summed E-state index contributed by atoms with van der Waals surface area (Å²) in [5.74, 6) is 0.875. The van der Waals surface area contributed by atoms with Crippen molar-refractivity contribution in [1.29, 1.82) is 0 Å². The minimum atomic E-state index is 0.178. The van der Waals surface area contributed by atoms with Gasteiger partial charge in [-0.1, -0.05) is 0 Å². The first kappa shape index (κ1) is 12.2. The molecular weight excluding hydrogens is 238 g/mol. The monoisotopic (exact) mass is 253 g/mol. The number of nitrogens with zero attached hydrogens (tertiary/aromatic N) is 2. The molecule has 2 heterocycles. The van der Waals surface area contributed by atoms with Gasteiger partial charge in [0.25, 0.3) is 0 Å². The molecule has 1 unspecified atom stereocenters. The van der Waals surface area contributed by atoms with E-state index in [-0.39, 0.29) is 6.04 Å². The molecule has 0 saturated carbocycles. The van der Waals surface area contributed by atoms with Gasteiger partial charge >= 0.3 is 0 Å². The van der Waals surface area contributed by atoms with E-state index in [0.717, 1.165) is 18.6 Å². The van der Waals surface area contributed by atoms with Gasteiger partial charge in [-0.25, -0.2) is 0 Å². The van der Waals surface area contributed by atoms with E-state index in [2.05, 4.69) is 10.4 Å². The van der Waals surface area contributed by atoms with E-state index < -0.39 is 0 Å². The van der Waals surface area contributed by atoms with E-state index in [0.29, 0.717) is 5.22 Å². The molecule has 1 atom stereocenters. The van der Waals surface area contributed by atoms with E-state index in [9.17, 15) is 0 Å². The van der Waals surface area contributed by atoms with Crippen LogP contribution in [0.5, 0.6) is 0 Å². The minimum Gasteiger partial charge on any atom is -0.448 e. The van der Waals surface area contributed by atoms with Crippen LogP contribution in [0, 0.1) is 0 Å². The van der Waals surface area contributed by atoms with Gasteiger partial charge < -0.3 is 9.73 Å². The van der Waals surface area contributed by atoms with Crippen molar-refractivity contribution in [2.45, 2.75) is 18.9 Å². The number of furan rings is 1. The van der Waals surface area contributed by atoms with Crippen LogP contribution in [-0.4, -0.2) is 16.8 Å². The van der Waals surface area contributed by atoms with Crippen LogP contribution in [0.2, 0.25) is 5.22 Å². The van der Waals surface area contributed by atoms with Crippen LogP contribution < -0.4 is 5.32 Å². The van der Waals surface area contributed by atoms with Crippen LogP contribution in [0.1, 0.15) is 23.9 Å². The maximum absolute atomic E-state index is 5.78. The molecule has 0 amide bonds. The molecule has 1 N–H and O–H groups in total. The van der Waals surface area contributed by atoms with E-state index in [1.807, 2.05) is 37.1 Å². The lowest BCUT2D eigenvalue weighted by Crippen LogP contribution is -2.17. The van der Waals surface area contributed by atoms with Gasteiger partial charge in [0.2, 0.25) is 0 Å². The molecule has 0 saturated heterocycles. The lowest BCUT2D eigenvalue weighted by molar-refractivity contribution is 0.413. The summed E-state index contributed by atoms with van der Waals surface area (Å²) in [6.45, 7) is 0. The Bertz CT molecular complexity index is 478. The van der Waals surface area contributed by atoms with Gasteiger partial charge in [-0.15, -0.1) is 0 Å². The zero-order chi connectivity index (χ0) is 12.3. The van der Waals surface area contributed by atoms with E-state index in [1.54, 1.807) is 6.07 Å². The number of halogens is 1. The third kappa shape index (κ3) is 2.90. The van der Waals surface area contributed by atoms with Gasteiger partial charge in [-0.3, -0.25) is 4.68 Å². The summed E-state index contributed by atoms with van der Waals surface area (Å²) in [6, 6.07) is 5.89.